The molecule has 0 saturated heterocycles. The van der Waals surface area contributed by atoms with Crippen molar-refractivity contribution in [2.75, 3.05) is 12.4 Å². The molecule has 0 aliphatic rings. The molecular formula is C16H18N2O2S. The predicted octanol–water partition coefficient (Wildman–Crippen LogP) is 3.13. The third-order valence-corrected chi connectivity index (χ3v) is 3.77. The molecule has 0 saturated carbocycles. The van der Waals surface area contributed by atoms with Crippen molar-refractivity contribution in [3.05, 3.63) is 48.5 Å². The zero-order valence-electron chi connectivity index (χ0n) is 12.0. The molecule has 1 atom stereocenters. The lowest BCUT2D eigenvalue weighted by molar-refractivity contribution is -0.117. The van der Waals surface area contributed by atoms with Crippen molar-refractivity contribution < 1.29 is 9.53 Å². The van der Waals surface area contributed by atoms with E-state index < -0.39 is 6.04 Å². The highest BCUT2D eigenvalue weighted by Gasteiger charge is 2.08. The Hall–Kier alpha value is -1.98. The van der Waals surface area contributed by atoms with Crippen LogP contribution < -0.4 is 15.8 Å². The topological polar surface area (TPSA) is 64.3 Å². The summed E-state index contributed by atoms with van der Waals surface area (Å²) in [5.74, 6) is 0.625. The highest BCUT2D eigenvalue weighted by Crippen LogP contribution is 2.31. The maximum Gasteiger partial charge on any atom is 0.240 e. The molecule has 4 nitrogen and oxygen atoms in total. The Kier molecular flexibility index (Phi) is 5.25. The molecule has 21 heavy (non-hydrogen) atoms. The Labute approximate surface area is 128 Å². The molecule has 5 heteroatoms. The zero-order chi connectivity index (χ0) is 15.2. The number of carbonyl (C=O) groups is 1. The molecule has 0 spiro atoms. The Balaban J connectivity index is 2.12. The number of amides is 1. The van der Waals surface area contributed by atoms with Gasteiger partial charge in [0.15, 0.2) is 0 Å². The second-order valence-electron chi connectivity index (χ2n) is 4.59. The lowest BCUT2D eigenvalue weighted by atomic mass is 10.3. The van der Waals surface area contributed by atoms with E-state index in [2.05, 4.69) is 5.32 Å². The number of carbonyl (C=O) groups excluding carboxylic acids is 1. The Morgan fingerprint density at radius 1 is 1.19 bits per heavy atom. The van der Waals surface area contributed by atoms with Crippen LogP contribution >= 0.6 is 11.8 Å². The standard InChI is InChI=1S/C16H18N2O2S/c1-11(17)16(19)18-12-5-3-7-14(9-12)21-15-8-4-6-13(10-15)20-2/h3-11H,17H2,1-2H3,(H,18,19). The van der Waals surface area contributed by atoms with Gasteiger partial charge in [0, 0.05) is 15.5 Å². The van der Waals surface area contributed by atoms with E-state index in [1.807, 2.05) is 48.5 Å². The van der Waals surface area contributed by atoms with Crippen LogP contribution in [0.2, 0.25) is 0 Å². The summed E-state index contributed by atoms with van der Waals surface area (Å²) in [6, 6.07) is 15.0. The molecule has 2 aromatic rings. The quantitative estimate of drug-likeness (QED) is 0.890. The molecule has 0 bridgehead atoms. The summed E-state index contributed by atoms with van der Waals surface area (Å²) in [5, 5.41) is 2.79. The third-order valence-electron chi connectivity index (χ3n) is 2.79. The van der Waals surface area contributed by atoms with Crippen molar-refractivity contribution in [1.29, 1.82) is 0 Å². The van der Waals surface area contributed by atoms with Crippen LogP contribution in [-0.2, 0) is 4.79 Å². The van der Waals surface area contributed by atoms with E-state index in [9.17, 15) is 4.79 Å². The van der Waals surface area contributed by atoms with Gasteiger partial charge in [-0.2, -0.15) is 0 Å². The van der Waals surface area contributed by atoms with Gasteiger partial charge in [0.25, 0.3) is 0 Å². The number of anilines is 1. The number of methoxy groups -OCH3 is 1. The van der Waals surface area contributed by atoms with Gasteiger partial charge in [-0.3, -0.25) is 4.79 Å². The average molecular weight is 302 g/mol. The number of ether oxygens (including phenoxy) is 1. The maximum atomic E-state index is 11.6. The average Bonchev–Trinajstić information content (AvgIpc) is 2.47. The first-order chi connectivity index (χ1) is 10.1. The lowest BCUT2D eigenvalue weighted by Gasteiger charge is -2.09. The van der Waals surface area contributed by atoms with E-state index in [4.69, 9.17) is 10.5 Å². The SMILES string of the molecule is COc1cccc(Sc2cccc(NC(=O)C(C)N)c2)c1. The molecule has 3 N–H and O–H groups in total. The van der Waals surface area contributed by atoms with Crippen molar-refractivity contribution in [2.24, 2.45) is 5.73 Å². The van der Waals surface area contributed by atoms with Gasteiger partial charge in [0.1, 0.15) is 5.75 Å². The van der Waals surface area contributed by atoms with Gasteiger partial charge in [-0.1, -0.05) is 23.9 Å². The van der Waals surface area contributed by atoms with E-state index in [1.165, 1.54) is 0 Å². The van der Waals surface area contributed by atoms with E-state index in [1.54, 1.807) is 25.8 Å². The van der Waals surface area contributed by atoms with E-state index in [-0.39, 0.29) is 5.91 Å². The monoisotopic (exact) mass is 302 g/mol. The molecular weight excluding hydrogens is 284 g/mol. The summed E-state index contributed by atoms with van der Waals surface area (Å²) in [7, 11) is 1.65. The predicted molar refractivity (Wildman–Crippen MR) is 85.8 cm³/mol. The minimum absolute atomic E-state index is 0.196. The van der Waals surface area contributed by atoms with Gasteiger partial charge in [-0.05, 0) is 43.3 Å². The minimum atomic E-state index is -0.528. The summed E-state index contributed by atoms with van der Waals surface area (Å²) in [5.41, 5.74) is 6.29. The normalized spacial score (nSPS) is 11.8. The zero-order valence-corrected chi connectivity index (χ0v) is 12.8. The fraction of sp³-hybridized carbons (Fsp3) is 0.188. The van der Waals surface area contributed by atoms with Gasteiger partial charge >= 0.3 is 0 Å². The molecule has 2 rings (SSSR count). The number of hydrogen-bond donors (Lipinski definition) is 2. The van der Waals surface area contributed by atoms with Gasteiger partial charge < -0.3 is 15.8 Å². The van der Waals surface area contributed by atoms with Crippen LogP contribution in [0.25, 0.3) is 0 Å². The lowest BCUT2D eigenvalue weighted by Crippen LogP contribution is -2.32. The highest BCUT2D eigenvalue weighted by molar-refractivity contribution is 7.99. The van der Waals surface area contributed by atoms with Crippen molar-refractivity contribution in [3.63, 3.8) is 0 Å². The second kappa shape index (κ2) is 7.15. The highest BCUT2D eigenvalue weighted by atomic mass is 32.2. The molecule has 1 amide bonds. The number of benzene rings is 2. The van der Waals surface area contributed by atoms with E-state index in [0.29, 0.717) is 0 Å². The Morgan fingerprint density at radius 2 is 1.86 bits per heavy atom. The number of rotatable bonds is 5. The third kappa shape index (κ3) is 4.51. The number of nitrogens with one attached hydrogen (secondary N) is 1. The summed E-state index contributed by atoms with van der Waals surface area (Å²) < 4.78 is 5.21. The Bertz CT molecular complexity index is 629. The molecule has 1 unspecified atom stereocenters. The molecule has 0 aliphatic heterocycles. The van der Waals surface area contributed by atoms with Crippen LogP contribution in [0.1, 0.15) is 6.92 Å². The van der Waals surface area contributed by atoms with Gasteiger partial charge in [0.2, 0.25) is 5.91 Å². The summed E-state index contributed by atoms with van der Waals surface area (Å²) in [4.78, 5) is 13.7. The minimum Gasteiger partial charge on any atom is -0.497 e. The molecule has 0 fully saturated rings. The largest absolute Gasteiger partial charge is 0.497 e. The number of nitrogens with two attached hydrogens (primary N) is 1. The fourth-order valence-electron chi connectivity index (χ4n) is 1.69. The van der Waals surface area contributed by atoms with Crippen LogP contribution in [0.5, 0.6) is 5.75 Å². The van der Waals surface area contributed by atoms with Crippen molar-refractivity contribution in [1.82, 2.24) is 0 Å². The van der Waals surface area contributed by atoms with Gasteiger partial charge in [-0.25, -0.2) is 0 Å². The molecule has 0 aromatic heterocycles. The van der Waals surface area contributed by atoms with Gasteiger partial charge in [0.05, 0.1) is 13.2 Å². The molecule has 0 heterocycles. The van der Waals surface area contributed by atoms with Crippen LogP contribution in [-0.4, -0.2) is 19.1 Å². The fourth-order valence-corrected chi connectivity index (χ4v) is 2.62. The molecule has 0 radical (unpaired) electrons. The first kappa shape index (κ1) is 15.4. The number of hydrogen-bond acceptors (Lipinski definition) is 4. The van der Waals surface area contributed by atoms with Crippen molar-refractivity contribution in [2.45, 2.75) is 22.8 Å². The van der Waals surface area contributed by atoms with Crippen LogP contribution in [0, 0.1) is 0 Å². The summed E-state index contributed by atoms with van der Waals surface area (Å²) >= 11 is 1.60. The second-order valence-corrected chi connectivity index (χ2v) is 5.73. The molecule has 0 aliphatic carbocycles. The van der Waals surface area contributed by atoms with Crippen molar-refractivity contribution >= 4 is 23.4 Å². The maximum absolute atomic E-state index is 11.6. The Morgan fingerprint density at radius 3 is 2.52 bits per heavy atom. The first-order valence-corrected chi connectivity index (χ1v) is 7.38. The summed E-state index contributed by atoms with van der Waals surface area (Å²) in [6.07, 6.45) is 0. The van der Waals surface area contributed by atoms with Gasteiger partial charge in [-0.15, -0.1) is 0 Å². The smallest absolute Gasteiger partial charge is 0.240 e. The first-order valence-electron chi connectivity index (χ1n) is 6.57. The van der Waals surface area contributed by atoms with E-state index >= 15 is 0 Å². The van der Waals surface area contributed by atoms with Crippen LogP contribution in [0.15, 0.2) is 58.3 Å². The van der Waals surface area contributed by atoms with Crippen LogP contribution in [0.3, 0.4) is 0 Å². The van der Waals surface area contributed by atoms with E-state index in [0.717, 1.165) is 21.2 Å². The molecule has 110 valence electrons. The summed E-state index contributed by atoms with van der Waals surface area (Å²) in [6.45, 7) is 1.66. The van der Waals surface area contributed by atoms with Crippen LogP contribution in [0.4, 0.5) is 5.69 Å². The van der Waals surface area contributed by atoms with Crippen molar-refractivity contribution in [3.8, 4) is 5.75 Å². The molecule has 2 aromatic carbocycles.